The highest BCUT2D eigenvalue weighted by Gasteiger charge is 2.27. The molecular formula is C13H18Cl2N2. The summed E-state index contributed by atoms with van der Waals surface area (Å²) in [5.41, 5.74) is 6.96. The van der Waals surface area contributed by atoms with E-state index in [-0.39, 0.29) is 6.04 Å². The summed E-state index contributed by atoms with van der Waals surface area (Å²) in [4.78, 5) is 2.40. The van der Waals surface area contributed by atoms with Gasteiger partial charge in [0.25, 0.3) is 0 Å². The van der Waals surface area contributed by atoms with Gasteiger partial charge in [-0.1, -0.05) is 30.1 Å². The van der Waals surface area contributed by atoms with Gasteiger partial charge < -0.3 is 5.73 Å². The van der Waals surface area contributed by atoms with E-state index in [1.165, 1.54) is 6.42 Å². The van der Waals surface area contributed by atoms with E-state index in [1.54, 1.807) is 0 Å². The first kappa shape index (κ1) is 13.2. The molecule has 4 heteroatoms. The monoisotopic (exact) mass is 272 g/mol. The SMILES string of the molecule is CC1CCN(C(CN)c2cc(Cl)ccc2Cl)C1. The molecule has 1 saturated heterocycles. The maximum Gasteiger partial charge on any atom is 0.0485 e. The van der Waals surface area contributed by atoms with Gasteiger partial charge in [0, 0.05) is 29.2 Å². The van der Waals surface area contributed by atoms with Gasteiger partial charge in [-0.25, -0.2) is 0 Å². The van der Waals surface area contributed by atoms with Crippen molar-refractivity contribution in [1.82, 2.24) is 4.90 Å². The Labute approximate surface area is 113 Å². The zero-order valence-corrected chi connectivity index (χ0v) is 11.5. The highest BCUT2D eigenvalue weighted by atomic mass is 35.5. The molecule has 2 unspecified atom stereocenters. The van der Waals surface area contributed by atoms with Gasteiger partial charge in [0.15, 0.2) is 0 Å². The summed E-state index contributed by atoms with van der Waals surface area (Å²) in [6, 6.07) is 5.78. The minimum atomic E-state index is 0.186. The number of hydrogen-bond acceptors (Lipinski definition) is 2. The van der Waals surface area contributed by atoms with Crippen LogP contribution in [0.3, 0.4) is 0 Å². The van der Waals surface area contributed by atoms with Crippen LogP contribution in [0.5, 0.6) is 0 Å². The highest BCUT2D eigenvalue weighted by molar-refractivity contribution is 6.33. The number of hydrogen-bond donors (Lipinski definition) is 1. The molecule has 1 aliphatic rings. The van der Waals surface area contributed by atoms with Crippen molar-refractivity contribution < 1.29 is 0 Å². The number of benzene rings is 1. The quantitative estimate of drug-likeness (QED) is 0.915. The summed E-state index contributed by atoms with van der Waals surface area (Å²) in [6.07, 6.45) is 1.23. The maximum atomic E-state index is 6.24. The first-order valence-electron chi connectivity index (χ1n) is 6.01. The maximum absolute atomic E-state index is 6.24. The zero-order valence-electron chi connectivity index (χ0n) is 10.00. The molecule has 0 radical (unpaired) electrons. The number of nitrogens with two attached hydrogens (primary N) is 1. The van der Waals surface area contributed by atoms with Gasteiger partial charge in [0.05, 0.1) is 0 Å². The van der Waals surface area contributed by atoms with Crippen molar-refractivity contribution in [1.29, 1.82) is 0 Å². The lowest BCUT2D eigenvalue weighted by atomic mass is 10.1. The Bertz CT molecular complexity index is 395. The third-order valence-corrected chi connectivity index (χ3v) is 4.02. The van der Waals surface area contributed by atoms with Crippen LogP contribution >= 0.6 is 23.2 Å². The second-order valence-electron chi connectivity index (χ2n) is 4.81. The van der Waals surface area contributed by atoms with E-state index in [2.05, 4.69) is 11.8 Å². The Morgan fingerprint density at radius 3 is 2.82 bits per heavy atom. The minimum absolute atomic E-state index is 0.186. The molecule has 0 amide bonds. The summed E-state index contributed by atoms with van der Waals surface area (Å²) >= 11 is 12.3. The van der Waals surface area contributed by atoms with Gasteiger partial charge in [-0.15, -0.1) is 0 Å². The average molecular weight is 273 g/mol. The van der Waals surface area contributed by atoms with Crippen LogP contribution in [-0.4, -0.2) is 24.5 Å². The van der Waals surface area contributed by atoms with E-state index in [0.717, 1.165) is 34.6 Å². The Kier molecular flexibility index (Phi) is 4.31. The fourth-order valence-corrected chi connectivity index (χ4v) is 2.92. The molecule has 1 aliphatic heterocycles. The topological polar surface area (TPSA) is 29.3 Å². The van der Waals surface area contributed by atoms with Crippen LogP contribution < -0.4 is 5.73 Å². The van der Waals surface area contributed by atoms with Crippen LogP contribution in [0, 0.1) is 5.92 Å². The highest BCUT2D eigenvalue weighted by Crippen LogP contribution is 2.32. The second kappa shape index (κ2) is 5.57. The van der Waals surface area contributed by atoms with E-state index >= 15 is 0 Å². The third kappa shape index (κ3) is 2.94. The average Bonchev–Trinajstić information content (AvgIpc) is 2.71. The van der Waals surface area contributed by atoms with E-state index < -0.39 is 0 Å². The largest absolute Gasteiger partial charge is 0.329 e. The van der Waals surface area contributed by atoms with Crippen molar-refractivity contribution in [3.8, 4) is 0 Å². The molecule has 2 nitrogen and oxygen atoms in total. The first-order chi connectivity index (χ1) is 8.11. The van der Waals surface area contributed by atoms with E-state index in [1.807, 2.05) is 18.2 Å². The van der Waals surface area contributed by atoms with Crippen molar-refractivity contribution in [2.45, 2.75) is 19.4 Å². The fraction of sp³-hybridized carbons (Fsp3) is 0.538. The summed E-state index contributed by atoms with van der Waals surface area (Å²) < 4.78 is 0. The molecule has 0 aliphatic carbocycles. The van der Waals surface area contributed by atoms with Crippen LogP contribution in [-0.2, 0) is 0 Å². The molecule has 0 bridgehead atoms. The Balaban J connectivity index is 2.25. The van der Waals surface area contributed by atoms with Crippen LogP contribution in [0.1, 0.15) is 24.9 Å². The molecule has 0 spiro atoms. The predicted octanol–water partition coefficient (Wildman–Crippen LogP) is 3.34. The van der Waals surface area contributed by atoms with Crippen LogP contribution in [0.25, 0.3) is 0 Å². The molecular weight excluding hydrogens is 255 g/mol. The molecule has 2 N–H and O–H groups in total. The van der Waals surface area contributed by atoms with Crippen molar-refractivity contribution in [2.75, 3.05) is 19.6 Å². The summed E-state index contributed by atoms with van der Waals surface area (Å²) in [7, 11) is 0. The van der Waals surface area contributed by atoms with Gasteiger partial charge in [-0.3, -0.25) is 4.90 Å². The van der Waals surface area contributed by atoms with E-state index in [9.17, 15) is 0 Å². The zero-order chi connectivity index (χ0) is 12.4. The molecule has 94 valence electrons. The lowest BCUT2D eigenvalue weighted by Gasteiger charge is -2.27. The van der Waals surface area contributed by atoms with Crippen LogP contribution in [0.15, 0.2) is 18.2 Å². The third-order valence-electron chi connectivity index (χ3n) is 3.44. The van der Waals surface area contributed by atoms with Gasteiger partial charge in [0.2, 0.25) is 0 Å². The molecule has 0 saturated carbocycles. The summed E-state index contributed by atoms with van der Waals surface area (Å²) in [6.45, 7) is 5.02. The molecule has 1 fully saturated rings. The standard InChI is InChI=1S/C13H18Cl2N2/c1-9-4-5-17(8-9)13(7-16)11-6-10(14)2-3-12(11)15/h2-3,6,9,13H,4-5,7-8,16H2,1H3. The fourth-order valence-electron chi connectivity index (χ4n) is 2.49. The molecule has 0 aromatic heterocycles. The van der Waals surface area contributed by atoms with Crippen molar-refractivity contribution >= 4 is 23.2 Å². The number of halogens is 2. The minimum Gasteiger partial charge on any atom is -0.329 e. The molecule has 1 aromatic rings. The molecule has 2 atom stereocenters. The van der Waals surface area contributed by atoms with E-state index in [0.29, 0.717) is 6.54 Å². The van der Waals surface area contributed by atoms with Crippen LogP contribution in [0.4, 0.5) is 0 Å². The Hall–Kier alpha value is -0.280. The number of likely N-dealkylation sites (tertiary alicyclic amines) is 1. The van der Waals surface area contributed by atoms with Gasteiger partial charge >= 0.3 is 0 Å². The summed E-state index contributed by atoms with van der Waals surface area (Å²) in [5, 5.41) is 1.47. The normalized spacial score (nSPS) is 22.9. The van der Waals surface area contributed by atoms with Crippen molar-refractivity contribution in [2.24, 2.45) is 11.7 Å². The first-order valence-corrected chi connectivity index (χ1v) is 6.76. The second-order valence-corrected chi connectivity index (χ2v) is 5.65. The summed E-state index contributed by atoms with van der Waals surface area (Å²) in [5.74, 6) is 0.738. The molecule has 1 aromatic carbocycles. The van der Waals surface area contributed by atoms with E-state index in [4.69, 9.17) is 28.9 Å². The lowest BCUT2D eigenvalue weighted by Crippen LogP contribution is -2.32. The van der Waals surface area contributed by atoms with Crippen molar-refractivity contribution in [3.63, 3.8) is 0 Å². The lowest BCUT2D eigenvalue weighted by molar-refractivity contribution is 0.244. The van der Waals surface area contributed by atoms with Gasteiger partial charge in [0.1, 0.15) is 0 Å². The Morgan fingerprint density at radius 2 is 2.24 bits per heavy atom. The predicted molar refractivity (Wildman–Crippen MR) is 73.6 cm³/mol. The molecule has 1 heterocycles. The molecule has 2 rings (SSSR count). The Morgan fingerprint density at radius 1 is 1.47 bits per heavy atom. The van der Waals surface area contributed by atoms with Crippen LogP contribution in [0.2, 0.25) is 10.0 Å². The molecule has 17 heavy (non-hydrogen) atoms. The smallest absolute Gasteiger partial charge is 0.0485 e. The van der Waals surface area contributed by atoms with Crippen molar-refractivity contribution in [3.05, 3.63) is 33.8 Å². The van der Waals surface area contributed by atoms with Gasteiger partial charge in [-0.05, 0) is 42.6 Å². The number of rotatable bonds is 3. The van der Waals surface area contributed by atoms with Gasteiger partial charge in [-0.2, -0.15) is 0 Å². The number of nitrogens with zero attached hydrogens (tertiary/aromatic N) is 1.